The highest BCUT2D eigenvalue weighted by Gasteiger charge is 2.11. The first kappa shape index (κ1) is 12.2. The Morgan fingerprint density at radius 1 is 1.37 bits per heavy atom. The van der Waals surface area contributed by atoms with E-state index in [1.165, 1.54) is 11.1 Å². The van der Waals surface area contributed by atoms with E-state index < -0.39 is 0 Å². The van der Waals surface area contributed by atoms with Crippen molar-refractivity contribution in [3.05, 3.63) is 41.0 Å². The number of aryl methyl sites for hydroxylation is 1. The van der Waals surface area contributed by atoms with Gasteiger partial charge >= 0.3 is 0 Å². The SMILES string of the molecule is Cc1noc(CCNCc2ccc3c(c2)CCO3)n1. The minimum Gasteiger partial charge on any atom is -0.493 e. The van der Waals surface area contributed by atoms with Crippen LogP contribution in [0, 0.1) is 6.92 Å². The molecule has 0 amide bonds. The average Bonchev–Trinajstić information content (AvgIpc) is 3.03. The summed E-state index contributed by atoms with van der Waals surface area (Å²) >= 11 is 0. The summed E-state index contributed by atoms with van der Waals surface area (Å²) in [6.45, 7) is 4.31. The molecule has 0 spiro atoms. The van der Waals surface area contributed by atoms with Crippen LogP contribution in [0.1, 0.15) is 22.8 Å². The third kappa shape index (κ3) is 2.93. The fraction of sp³-hybridized carbons (Fsp3) is 0.429. The predicted molar refractivity (Wildman–Crippen MR) is 70.1 cm³/mol. The molecule has 0 radical (unpaired) electrons. The van der Waals surface area contributed by atoms with E-state index >= 15 is 0 Å². The minimum absolute atomic E-state index is 0.687. The van der Waals surface area contributed by atoms with Gasteiger partial charge < -0.3 is 14.6 Å². The predicted octanol–water partition coefficient (Wildman–Crippen LogP) is 1.65. The molecule has 1 aliphatic rings. The molecule has 1 N–H and O–H groups in total. The van der Waals surface area contributed by atoms with Gasteiger partial charge in [0.15, 0.2) is 5.82 Å². The highest BCUT2D eigenvalue weighted by molar-refractivity contribution is 5.39. The van der Waals surface area contributed by atoms with Gasteiger partial charge in [-0.1, -0.05) is 17.3 Å². The van der Waals surface area contributed by atoms with Crippen molar-refractivity contribution in [1.29, 1.82) is 0 Å². The quantitative estimate of drug-likeness (QED) is 0.827. The number of rotatable bonds is 5. The molecule has 5 heteroatoms. The summed E-state index contributed by atoms with van der Waals surface area (Å²) in [6, 6.07) is 6.38. The van der Waals surface area contributed by atoms with Gasteiger partial charge in [0.1, 0.15) is 5.75 Å². The lowest BCUT2D eigenvalue weighted by Gasteiger charge is -2.05. The highest BCUT2D eigenvalue weighted by Crippen LogP contribution is 2.25. The number of aromatic nitrogens is 2. The van der Waals surface area contributed by atoms with Crippen molar-refractivity contribution >= 4 is 0 Å². The molecule has 0 unspecified atom stereocenters. The van der Waals surface area contributed by atoms with Crippen LogP contribution in [0.15, 0.2) is 22.7 Å². The third-order valence-corrected chi connectivity index (χ3v) is 3.17. The maximum Gasteiger partial charge on any atom is 0.227 e. The molecule has 5 nitrogen and oxygen atoms in total. The van der Waals surface area contributed by atoms with Gasteiger partial charge in [0.05, 0.1) is 6.61 Å². The zero-order chi connectivity index (χ0) is 13.1. The van der Waals surface area contributed by atoms with Crippen LogP contribution in [0.4, 0.5) is 0 Å². The van der Waals surface area contributed by atoms with Crippen molar-refractivity contribution in [2.75, 3.05) is 13.2 Å². The molecule has 2 heterocycles. The summed E-state index contributed by atoms with van der Waals surface area (Å²) in [5, 5.41) is 7.15. The van der Waals surface area contributed by atoms with Crippen LogP contribution in [-0.4, -0.2) is 23.3 Å². The number of hydrogen-bond acceptors (Lipinski definition) is 5. The summed E-state index contributed by atoms with van der Waals surface area (Å²) < 4.78 is 10.6. The van der Waals surface area contributed by atoms with Gasteiger partial charge in [0.25, 0.3) is 0 Å². The molecule has 0 saturated heterocycles. The number of hydrogen-bond donors (Lipinski definition) is 1. The summed E-state index contributed by atoms with van der Waals surface area (Å²) in [5.74, 6) is 2.41. The number of ether oxygens (including phenoxy) is 1. The van der Waals surface area contributed by atoms with E-state index in [0.717, 1.165) is 38.3 Å². The van der Waals surface area contributed by atoms with Crippen LogP contribution in [0.2, 0.25) is 0 Å². The lowest BCUT2D eigenvalue weighted by atomic mass is 10.1. The molecule has 0 fully saturated rings. The minimum atomic E-state index is 0.687. The summed E-state index contributed by atoms with van der Waals surface area (Å²) in [5.41, 5.74) is 2.60. The largest absolute Gasteiger partial charge is 0.493 e. The van der Waals surface area contributed by atoms with Gasteiger partial charge in [0.2, 0.25) is 5.89 Å². The van der Waals surface area contributed by atoms with E-state index in [-0.39, 0.29) is 0 Å². The molecule has 2 aromatic rings. The first-order valence-corrected chi connectivity index (χ1v) is 6.56. The Kier molecular flexibility index (Phi) is 3.46. The van der Waals surface area contributed by atoms with Gasteiger partial charge in [-0.15, -0.1) is 0 Å². The van der Waals surface area contributed by atoms with Crippen molar-refractivity contribution in [2.24, 2.45) is 0 Å². The summed E-state index contributed by atoms with van der Waals surface area (Å²) in [7, 11) is 0. The molecule has 0 atom stereocenters. The van der Waals surface area contributed by atoms with E-state index in [2.05, 4.69) is 33.7 Å². The number of nitrogens with zero attached hydrogens (tertiary/aromatic N) is 2. The van der Waals surface area contributed by atoms with E-state index in [1.807, 2.05) is 6.92 Å². The molecule has 1 aliphatic heterocycles. The number of nitrogens with one attached hydrogen (secondary N) is 1. The Hall–Kier alpha value is -1.88. The van der Waals surface area contributed by atoms with E-state index in [9.17, 15) is 0 Å². The fourth-order valence-electron chi connectivity index (χ4n) is 2.22. The Balaban J connectivity index is 1.47. The second kappa shape index (κ2) is 5.40. The Bertz CT molecular complexity index is 566. The standard InChI is InChI=1S/C14H17N3O2/c1-10-16-14(19-17-10)4-6-15-9-11-2-3-13-12(8-11)5-7-18-13/h2-3,8,15H,4-7,9H2,1H3. The summed E-state index contributed by atoms with van der Waals surface area (Å²) in [6.07, 6.45) is 1.78. The van der Waals surface area contributed by atoms with Gasteiger partial charge in [-0.3, -0.25) is 0 Å². The van der Waals surface area contributed by atoms with Crippen LogP contribution in [0.25, 0.3) is 0 Å². The first-order chi connectivity index (χ1) is 9.31. The molecular weight excluding hydrogens is 242 g/mol. The van der Waals surface area contributed by atoms with Crippen LogP contribution in [0.5, 0.6) is 5.75 Å². The normalized spacial score (nSPS) is 13.3. The van der Waals surface area contributed by atoms with Gasteiger partial charge in [-0.25, -0.2) is 0 Å². The molecule has 19 heavy (non-hydrogen) atoms. The lowest BCUT2D eigenvalue weighted by molar-refractivity contribution is 0.357. The number of benzene rings is 1. The molecular formula is C14H17N3O2. The van der Waals surface area contributed by atoms with E-state index in [1.54, 1.807) is 0 Å². The molecule has 0 saturated carbocycles. The first-order valence-electron chi connectivity index (χ1n) is 6.56. The molecule has 1 aromatic carbocycles. The topological polar surface area (TPSA) is 60.2 Å². The van der Waals surface area contributed by atoms with Crippen molar-refractivity contribution in [2.45, 2.75) is 26.3 Å². The van der Waals surface area contributed by atoms with Crippen LogP contribution < -0.4 is 10.1 Å². The van der Waals surface area contributed by atoms with E-state index in [4.69, 9.17) is 9.26 Å². The average molecular weight is 259 g/mol. The zero-order valence-electron chi connectivity index (χ0n) is 11.0. The molecule has 100 valence electrons. The molecule has 0 aliphatic carbocycles. The zero-order valence-corrected chi connectivity index (χ0v) is 11.0. The Morgan fingerprint density at radius 2 is 2.32 bits per heavy atom. The fourth-order valence-corrected chi connectivity index (χ4v) is 2.22. The van der Waals surface area contributed by atoms with Gasteiger partial charge in [0, 0.05) is 25.9 Å². The van der Waals surface area contributed by atoms with Crippen LogP contribution in [-0.2, 0) is 19.4 Å². The monoisotopic (exact) mass is 259 g/mol. The second-order valence-corrected chi connectivity index (χ2v) is 4.70. The Labute approximate surface area is 112 Å². The summed E-state index contributed by atoms with van der Waals surface area (Å²) in [4.78, 5) is 4.17. The lowest BCUT2D eigenvalue weighted by Crippen LogP contribution is -2.16. The van der Waals surface area contributed by atoms with Crippen molar-refractivity contribution < 1.29 is 9.26 Å². The smallest absolute Gasteiger partial charge is 0.227 e. The second-order valence-electron chi connectivity index (χ2n) is 4.70. The van der Waals surface area contributed by atoms with Crippen LogP contribution >= 0.6 is 0 Å². The van der Waals surface area contributed by atoms with Crippen molar-refractivity contribution in [1.82, 2.24) is 15.5 Å². The highest BCUT2D eigenvalue weighted by atomic mass is 16.5. The molecule has 3 rings (SSSR count). The third-order valence-electron chi connectivity index (χ3n) is 3.17. The van der Waals surface area contributed by atoms with Crippen molar-refractivity contribution in [3.63, 3.8) is 0 Å². The number of fused-ring (bicyclic) bond motifs is 1. The van der Waals surface area contributed by atoms with E-state index in [0.29, 0.717) is 11.7 Å². The Morgan fingerprint density at radius 3 is 3.16 bits per heavy atom. The van der Waals surface area contributed by atoms with Gasteiger partial charge in [-0.2, -0.15) is 4.98 Å². The maximum atomic E-state index is 5.49. The molecule has 0 bridgehead atoms. The molecule has 1 aromatic heterocycles. The maximum absolute atomic E-state index is 5.49. The van der Waals surface area contributed by atoms with Gasteiger partial charge in [-0.05, 0) is 24.1 Å². The van der Waals surface area contributed by atoms with Crippen LogP contribution in [0.3, 0.4) is 0 Å². The van der Waals surface area contributed by atoms with Crippen molar-refractivity contribution in [3.8, 4) is 5.75 Å².